The Balaban J connectivity index is 1.60. The molecule has 184 valence electrons. The highest BCUT2D eigenvalue weighted by atomic mass is 32.1. The van der Waals surface area contributed by atoms with Crippen LogP contribution in [0.15, 0.2) is 78.9 Å². The Kier molecular flexibility index (Phi) is 7.40. The SMILES string of the molecule is COc1ccc(-c2nc(COc3ccc(C=CC(=O)O)cc3)sc2-c2ccc(C(F)(F)F)cc2)cc1. The Labute approximate surface area is 209 Å². The molecule has 0 radical (unpaired) electrons. The van der Waals surface area contributed by atoms with E-state index in [0.29, 0.717) is 33.3 Å². The maximum atomic E-state index is 13.0. The molecule has 0 saturated heterocycles. The average molecular weight is 512 g/mol. The van der Waals surface area contributed by atoms with Gasteiger partial charge in [-0.2, -0.15) is 13.2 Å². The predicted octanol–water partition coefficient (Wildman–Crippen LogP) is 7.18. The van der Waals surface area contributed by atoms with E-state index >= 15 is 0 Å². The van der Waals surface area contributed by atoms with Gasteiger partial charge in [0.25, 0.3) is 0 Å². The molecule has 1 heterocycles. The summed E-state index contributed by atoms with van der Waals surface area (Å²) in [7, 11) is 1.57. The highest BCUT2D eigenvalue weighted by Gasteiger charge is 2.30. The van der Waals surface area contributed by atoms with Crippen molar-refractivity contribution < 1.29 is 32.5 Å². The molecule has 0 aliphatic carbocycles. The van der Waals surface area contributed by atoms with Crippen LogP contribution in [0, 0.1) is 0 Å². The van der Waals surface area contributed by atoms with Gasteiger partial charge < -0.3 is 14.6 Å². The van der Waals surface area contributed by atoms with Gasteiger partial charge in [-0.3, -0.25) is 0 Å². The quantitative estimate of drug-likeness (QED) is 0.254. The van der Waals surface area contributed by atoms with Gasteiger partial charge in [-0.25, -0.2) is 9.78 Å². The number of hydrogen-bond donors (Lipinski definition) is 1. The summed E-state index contributed by atoms with van der Waals surface area (Å²) in [6, 6.07) is 19.2. The van der Waals surface area contributed by atoms with Gasteiger partial charge in [0.15, 0.2) is 0 Å². The van der Waals surface area contributed by atoms with Gasteiger partial charge in [0.05, 0.1) is 23.2 Å². The summed E-state index contributed by atoms with van der Waals surface area (Å²) in [5.74, 6) is 0.214. The van der Waals surface area contributed by atoms with Gasteiger partial charge in [-0.15, -0.1) is 11.3 Å². The molecule has 3 aromatic carbocycles. The first-order valence-corrected chi connectivity index (χ1v) is 11.5. The summed E-state index contributed by atoms with van der Waals surface area (Å²) in [5, 5.41) is 9.37. The highest BCUT2D eigenvalue weighted by Crippen LogP contribution is 2.39. The number of carbonyl (C=O) groups is 1. The first-order chi connectivity index (χ1) is 17.2. The van der Waals surface area contributed by atoms with Crippen molar-refractivity contribution in [3.8, 4) is 33.2 Å². The van der Waals surface area contributed by atoms with Crippen LogP contribution >= 0.6 is 11.3 Å². The number of methoxy groups -OCH3 is 1. The van der Waals surface area contributed by atoms with E-state index < -0.39 is 17.7 Å². The third-order valence-corrected chi connectivity index (χ3v) is 6.25. The zero-order valence-electron chi connectivity index (χ0n) is 19.0. The number of ether oxygens (including phenoxy) is 2. The number of rotatable bonds is 8. The van der Waals surface area contributed by atoms with Gasteiger partial charge in [-0.05, 0) is 65.7 Å². The van der Waals surface area contributed by atoms with Crippen molar-refractivity contribution in [2.75, 3.05) is 7.11 Å². The van der Waals surface area contributed by atoms with E-state index in [1.54, 1.807) is 43.5 Å². The molecule has 5 nitrogen and oxygen atoms in total. The van der Waals surface area contributed by atoms with Crippen molar-refractivity contribution in [1.82, 2.24) is 4.98 Å². The molecule has 1 N–H and O–H groups in total. The van der Waals surface area contributed by atoms with Crippen LogP contribution in [0.5, 0.6) is 11.5 Å². The Bertz CT molecular complexity index is 1360. The lowest BCUT2D eigenvalue weighted by molar-refractivity contribution is -0.137. The van der Waals surface area contributed by atoms with Crippen LogP contribution in [-0.2, 0) is 17.6 Å². The maximum absolute atomic E-state index is 13.0. The molecule has 0 atom stereocenters. The molecule has 0 fully saturated rings. The minimum Gasteiger partial charge on any atom is -0.497 e. The first kappa shape index (κ1) is 25.0. The van der Waals surface area contributed by atoms with Crippen LogP contribution in [0.25, 0.3) is 27.8 Å². The molecule has 36 heavy (non-hydrogen) atoms. The molecule has 0 spiro atoms. The van der Waals surface area contributed by atoms with Crippen molar-refractivity contribution in [2.45, 2.75) is 12.8 Å². The summed E-state index contributed by atoms with van der Waals surface area (Å²) in [5.41, 5.74) is 2.04. The first-order valence-electron chi connectivity index (χ1n) is 10.7. The van der Waals surface area contributed by atoms with Gasteiger partial charge in [0.2, 0.25) is 0 Å². The Morgan fingerprint density at radius 3 is 2.14 bits per heavy atom. The fourth-order valence-electron chi connectivity index (χ4n) is 3.36. The molecule has 9 heteroatoms. The molecule has 0 unspecified atom stereocenters. The lowest BCUT2D eigenvalue weighted by atomic mass is 10.1. The van der Waals surface area contributed by atoms with Gasteiger partial charge in [0, 0.05) is 11.6 Å². The summed E-state index contributed by atoms with van der Waals surface area (Å²) in [6.07, 6.45) is -1.89. The van der Waals surface area contributed by atoms with Crippen molar-refractivity contribution >= 4 is 23.4 Å². The van der Waals surface area contributed by atoms with E-state index in [0.717, 1.165) is 28.6 Å². The van der Waals surface area contributed by atoms with Crippen LogP contribution in [-0.4, -0.2) is 23.2 Å². The third-order valence-electron chi connectivity index (χ3n) is 5.17. The number of alkyl halides is 3. The Hall–Kier alpha value is -4.11. The van der Waals surface area contributed by atoms with Crippen LogP contribution < -0.4 is 9.47 Å². The Morgan fingerprint density at radius 2 is 1.56 bits per heavy atom. The third kappa shape index (κ3) is 6.11. The topological polar surface area (TPSA) is 68.7 Å². The van der Waals surface area contributed by atoms with Crippen LogP contribution in [0.1, 0.15) is 16.1 Å². The van der Waals surface area contributed by atoms with Gasteiger partial charge in [0.1, 0.15) is 23.1 Å². The molecule has 0 saturated carbocycles. The van der Waals surface area contributed by atoms with Crippen molar-refractivity contribution in [3.05, 3.63) is 95.0 Å². The number of halogens is 3. The Morgan fingerprint density at radius 1 is 0.944 bits per heavy atom. The normalized spacial score (nSPS) is 11.6. The number of thiazole rings is 1. The minimum absolute atomic E-state index is 0.152. The fourth-order valence-corrected chi connectivity index (χ4v) is 4.37. The van der Waals surface area contributed by atoms with Gasteiger partial charge in [-0.1, -0.05) is 24.3 Å². The van der Waals surface area contributed by atoms with Crippen LogP contribution in [0.2, 0.25) is 0 Å². The molecule has 4 aromatic rings. The lowest BCUT2D eigenvalue weighted by Gasteiger charge is -2.08. The number of benzene rings is 3. The van der Waals surface area contributed by atoms with E-state index in [9.17, 15) is 18.0 Å². The second-order valence-electron chi connectivity index (χ2n) is 7.62. The number of carboxylic acids is 1. The van der Waals surface area contributed by atoms with E-state index in [4.69, 9.17) is 19.6 Å². The molecular formula is C27H20F3NO4S. The maximum Gasteiger partial charge on any atom is 0.416 e. The summed E-state index contributed by atoms with van der Waals surface area (Å²) < 4.78 is 50.2. The zero-order valence-corrected chi connectivity index (χ0v) is 19.8. The highest BCUT2D eigenvalue weighted by molar-refractivity contribution is 7.15. The molecule has 0 aliphatic heterocycles. The van der Waals surface area contributed by atoms with Crippen LogP contribution in [0.3, 0.4) is 0 Å². The summed E-state index contributed by atoms with van der Waals surface area (Å²) in [6.45, 7) is 0.152. The lowest BCUT2D eigenvalue weighted by Crippen LogP contribution is -2.03. The van der Waals surface area contributed by atoms with Crippen molar-refractivity contribution in [1.29, 1.82) is 0 Å². The van der Waals surface area contributed by atoms with E-state index in [2.05, 4.69) is 0 Å². The smallest absolute Gasteiger partial charge is 0.416 e. The average Bonchev–Trinajstić information content (AvgIpc) is 3.31. The van der Waals surface area contributed by atoms with E-state index in [1.165, 1.54) is 29.5 Å². The summed E-state index contributed by atoms with van der Waals surface area (Å²) in [4.78, 5) is 16.1. The number of aromatic nitrogens is 1. The van der Waals surface area contributed by atoms with Crippen LogP contribution in [0.4, 0.5) is 13.2 Å². The number of aliphatic carboxylic acids is 1. The summed E-state index contributed by atoms with van der Waals surface area (Å²) >= 11 is 1.34. The standard InChI is InChI=1S/C27H20F3NO4S/c1-34-21-13-7-18(8-14-21)25-26(19-5-9-20(10-6-19)27(28,29)30)36-23(31-25)16-35-22-11-2-17(3-12-22)4-15-24(32)33/h2-15H,16H2,1H3,(H,32,33). The second-order valence-corrected chi connectivity index (χ2v) is 8.70. The molecule has 0 aliphatic rings. The van der Waals surface area contributed by atoms with Crippen molar-refractivity contribution in [2.24, 2.45) is 0 Å². The predicted molar refractivity (Wildman–Crippen MR) is 132 cm³/mol. The molecule has 4 rings (SSSR count). The van der Waals surface area contributed by atoms with Crippen molar-refractivity contribution in [3.63, 3.8) is 0 Å². The van der Waals surface area contributed by atoms with Gasteiger partial charge >= 0.3 is 12.1 Å². The number of hydrogen-bond acceptors (Lipinski definition) is 5. The fraction of sp³-hybridized carbons (Fsp3) is 0.111. The molecule has 0 amide bonds. The monoisotopic (exact) mass is 511 g/mol. The van der Waals surface area contributed by atoms with E-state index in [1.807, 2.05) is 12.1 Å². The molecular weight excluding hydrogens is 491 g/mol. The number of nitrogens with zero attached hydrogens (tertiary/aromatic N) is 1. The van der Waals surface area contributed by atoms with E-state index in [-0.39, 0.29) is 6.61 Å². The zero-order chi connectivity index (χ0) is 25.7. The second kappa shape index (κ2) is 10.7. The molecule has 1 aromatic heterocycles. The minimum atomic E-state index is -4.41. The largest absolute Gasteiger partial charge is 0.497 e. The molecule has 0 bridgehead atoms. The number of carboxylic acid groups (broad SMARTS) is 1.